The zero-order valence-corrected chi connectivity index (χ0v) is 36.9. The largest absolute Gasteiger partial charge is 0.392 e. The van der Waals surface area contributed by atoms with Gasteiger partial charge in [-0.2, -0.15) is 0 Å². The number of aliphatic hydroxyl groups excluding tert-OH is 1. The van der Waals surface area contributed by atoms with E-state index in [0.717, 1.165) is 75.6 Å². The number of hydrogen-bond acceptors (Lipinski definition) is 11. The number of piperazine rings is 1. The normalized spacial score (nSPS) is 18.9. The zero-order valence-electron chi connectivity index (χ0n) is 36.9. The molecule has 0 saturated carbocycles. The summed E-state index contributed by atoms with van der Waals surface area (Å²) in [5, 5.41) is 17.0. The molecule has 3 aliphatic heterocycles. The number of aryl methyl sites for hydroxylation is 2. The molecule has 4 aromatic heterocycles. The Balaban J connectivity index is 0.936. The summed E-state index contributed by atoms with van der Waals surface area (Å²) in [5.74, 6) is 0.976. The highest BCUT2D eigenvalue weighted by Gasteiger charge is 2.38. The Bertz CT molecular complexity index is 2660. The summed E-state index contributed by atoms with van der Waals surface area (Å²) in [7, 11) is 1.65. The van der Waals surface area contributed by atoms with Crippen LogP contribution in [0.5, 0.6) is 0 Å². The molecule has 3 N–H and O–H groups in total. The van der Waals surface area contributed by atoms with Crippen LogP contribution in [0.25, 0.3) is 11.3 Å². The van der Waals surface area contributed by atoms with E-state index < -0.39 is 6.61 Å². The second kappa shape index (κ2) is 16.8. The van der Waals surface area contributed by atoms with Gasteiger partial charge in [0.15, 0.2) is 5.82 Å². The minimum absolute atomic E-state index is 0.0570. The highest BCUT2D eigenvalue weighted by Crippen LogP contribution is 2.40. The Kier molecular flexibility index (Phi) is 11.2. The average Bonchev–Trinajstić information content (AvgIpc) is 3.77. The summed E-state index contributed by atoms with van der Waals surface area (Å²) >= 11 is 0. The number of benzene rings is 1. The first kappa shape index (κ1) is 42.0. The van der Waals surface area contributed by atoms with Crippen LogP contribution < -0.4 is 30.9 Å². The monoisotopic (exact) mass is 851 g/mol. The number of carbonyl (C=O) groups excluding carboxylic acids is 2. The van der Waals surface area contributed by atoms with Crippen LogP contribution in [0.2, 0.25) is 0 Å². The number of amides is 2. The van der Waals surface area contributed by atoms with Crippen molar-refractivity contribution < 1.29 is 14.7 Å². The van der Waals surface area contributed by atoms with Crippen molar-refractivity contribution in [3.8, 4) is 11.3 Å². The Morgan fingerprint density at radius 3 is 2.56 bits per heavy atom. The molecule has 5 aromatic rings. The van der Waals surface area contributed by atoms with Crippen LogP contribution in [0.4, 0.5) is 34.5 Å². The summed E-state index contributed by atoms with van der Waals surface area (Å²) < 4.78 is 3.59. The van der Waals surface area contributed by atoms with Crippen molar-refractivity contribution in [2.45, 2.75) is 78.6 Å². The predicted octanol–water partition coefficient (Wildman–Crippen LogP) is 5.67. The van der Waals surface area contributed by atoms with Gasteiger partial charge in [-0.3, -0.25) is 24.2 Å². The van der Waals surface area contributed by atoms with Gasteiger partial charge in [-0.25, -0.2) is 15.0 Å². The van der Waals surface area contributed by atoms with Gasteiger partial charge in [0.2, 0.25) is 5.91 Å². The number of nitrogens with one attached hydrogen (secondary N) is 2. The molecule has 15 nitrogen and oxygen atoms in total. The molecule has 0 unspecified atom stereocenters. The molecule has 1 aliphatic carbocycles. The van der Waals surface area contributed by atoms with E-state index in [2.05, 4.69) is 74.4 Å². The summed E-state index contributed by atoms with van der Waals surface area (Å²) in [5.41, 5.74) is 7.36. The van der Waals surface area contributed by atoms with Crippen molar-refractivity contribution in [3.05, 3.63) is 112 Å². The molecule has 328 valence electrons. The van der Waals surface area contributed by atoms with Gasteiger partial charge >= 0.3 is 0 Å². The first-order valence-corrected chi connectivity index (χ1v) is 22.0. The fourth-order valence-corrected chi connectivity index (χ4v) is 10.2. The molecule has 2 fully saturated rings. The van der Waals surface area contributed by atoms with Crippen molar-refractivity contribution in [1.29, 1.82) is 0 Å². The standard InChI is InChI=1S/C48H57N11O4/c1-7-43(61)52-37-24-33(11-12-39(37)57-20-19-56(27-31(57)3)34-14-17-55(18-15-34)42-10-8-9-30(2)50-42)51-44-47(63)54(6)28-38(53-44)35-13-16-49-45(36(35)29-60)59-22-21-58-40(46(59)62)23-32-25-48(4,5)26-41(32)58/h7-13,16,23-24,28,31,34,60H,1,14-15,17-22,25-27,29H2,2-6H3,(H,51,53)(H,52,61)/t31-/m0/s1. The number of aromatic nitrogens is 5. The SMILES string of the molecule is C=CC(=O)Nc1cc(Nc2nc(-c3ccnc(N4CCn5c(cc6c5CC(C)(C)C6)C4=O)c3CO)cn(C)c2=O)ccc1N1CCN(C2CCN(c3cccc(C)n3)CC2)C[C@@H]1C. The average molecular weight is 852 g/mol. The number of fused-ring (bicyclic) bond motifs is 3. The van der Waals surface area contributed by atoms with Crippen LogP contribution in [0.1, 0.15) is 66.6 Å². The van der Waals surface area contributed by atoms with E-state index in [1.165, 1.54) is 21.9 Å². The van der Waals surface area contributed by atoms with Gasteiger partial charge < -0.3 is 34.7 Å². The number of hydrogen-bond donors (Lipinski definition) is 3. The van der Waals surface area contributed by atoms with Crippen LogP contribution in [-0.4, -0.2) is 97.3 Å². The van der Waals surface area contributed by atoms with E-state index >= 15 is 0 Å². The Morgan fingerprint density at radius 1 is 1.00 bits per heavy atom. The Hall–Kier alpha value is -6.32. The maximum absolute atomic E-state index is 14.0. The van der Waals surface area contributed by atoms with Crippen molar-refractivity contribution in [2.75, 3.05) is 64.6 Å². The summed E-state index contributed by atoms with van der Waals surface area (Å²) in [4.78, 5) is 63.6. The Morgan fingerprint density at radius 2 is 1.81 bits per heavy atom. The molecule has 2 amide bonds. The minimum Gasteiger partial charge on any atom is -0.392 e. The lowest BCUT2D eigenvalue weighted by atomic mass is 9.90. The highest BCUT2D eigenvalue weighted by atomic mass is 16.3. The van der Waals surface area contributed by atoms with E-state index in [0.29, 0.717) is 58.8 Å². The zero-order chi connectivity index (χ0) is 44.2. The van der Waals surface area contributed by atoms with E-state index in [-0.39, 0.29) is 34.6 Å². The number of aliphatic hydroxyl groups is 1. The topological polar surface area (TPSA) is 157 Å². The fraction of sp³-hybridized carbons (Fsp3) is 0.417. The molecule has 4 aliphatic rings. The number of rotatable bonds is 10. The molecule has 7 heterocycles. The van der Waals surface area contributed by atoms with E-state index in [4.69, 9.17) is 9.97 Å². The van der Waals surface area contributed by atoms with Crippen LogP contribution in [-0.2, 0) is 37.8 Å². The molecule has 2 saturated heterocycles. The summed E-state index contributed by atoms with van der Waals surface area (Å²) in [6, 6.07) is 16.3. The molecular formula is C48H57N11O4. The minimum atomic E-state index is -0.396. The summed E-state index contributed by atoms with van der Waals surface area (Å²) in [6.07, 6.45) is 8.48. The number of piperidine rings is 1. The molecule has 63 heavy (non-hydrogen) atoms. The first-order chi connectivity index (χ1) is 30.3. The lowest BCUT2D eigenvalue weighted by molar-refractivity contribution is -0.111. The van der Waals surface area contributed by atoms with Gasteiger partial charge in [0, 0.05) is 106 Å². The fourth-order valence-electron chi connectivity index (χ4n) is 10.2. The summed E-state index contributed by atoms with van der Waals surface area (Å²) in [6.45, 7) is 17.6. The van der Waals surface area contributed by atoms with Crippen molar-refractivity contribution in [3.63, 3.8) is 0 Å². The van der Waals surface area contributed by atoms with Gasteiger partial charge in [-0.1, -0.05) is 26.5 Å². The molecular weight excluding hydrogens is 795 g/mol. The van der Waals surface area contributed by atoms with E-state index in [1.54, 1.807) is 30.4 Å². The van der Waals surface area contributed by atoms with Crippen molar-refractivity contribution >= 4 is 46.3 Å². The van der Waals surface area contributed by atoms with Gasteiger partial charge in [-0.05, 0) is 99.0 Å². The quantitative estimate of drug-likeness (QED) is 0.149. The maximum Gasteiger partial charge on any atom is 0.293 e. The second-order valence-electron chi connectivity index (χ2n) is 18.3. The van der Waals surface area contributed by atoms with Gasteiger partial charge in [0.1, 0.15) is 17.3 Å². The van der Waals surface area contributed by atoms with Crippen molar-refractivity contribution in [2.24, 2.45) is 12.5 Å². The number of carbonyl (C=O) groups is 2. The molecule has 0 bridgehead atoms. The number of anilines is 6. The van der Waals surface area contributed by atoms with Gasteiger partial charge in [0.25, 0.3) is 11.5 Å². The van der Waals surface area contributed by atoms with Crippen LogP contribution in [0, 0.1) is 12.3 Å². The van der Waals surface area contributed by atoms with Crippen LogP contribution >= 0.6 is 0 Å². The molecule has 15 heteroatoms. The molecule has 1 atom stereocenters. The Labute approximate surface area is 368 Å². The maximum atomic E-state index is 14.0. The van der Waals surface area contributed by atoms with Crippen molar-refractivity contribution in [1.82, 2.24) is 29.0 Å². The highest BCUT2D eigenvalue weighted by molar-refractivity contribution is 6.06. The molecule has 0 radical (unpaired) electrons. The number of pyridine rings is 2. The third-order valence-electron chi connectivity index (χ3n) is 13.3. The second-order valence-corrected chi connectivity index (χ2v) is 18.3. The smallest absolute Gasteiger partial charge is 0.293 e. The van der Waals surface area contributed by atoms with E-state index in [9.17, 15) is 19.5 Å². The van der Waals surface area contributed by atoms with Crippen LogP contribution in [0.15, 0.2) is 78.4 Å². The van der Waals surface area contributed by atoms with E-state index in [1.807, 2.05) is 37.3 Å². The molecule has 0 spiro atoms. The lowest BCUT2D eigenvalue weighted by Gasteiger charge is -2.47. The third kappa shape index (κ3) is 8.11. The number of nitrogens with zero attached hydrogens (tertiary/aromatic N) is 9. The van der Waals surface area contributed by atoms with Gasteiger partial charge in [0.05, 0.1) is 23.7 Å². The third-order valence-corrected chi connectivity index (χ3v) is 13.3. The first-order valence-electron chi connectivity index (χ1n) is 22.0. The predicted molar refractivity (Wildman–Crippen MR) is 247 cm³/mol. The molecule has 1 aromatic carbocycles. The van der Waals surface area contributed by atoms with Gasteiger partial charge in [-0.15, -0.1) is 0 Å². The van der Waals surface area contributed by atoms with Crippen LogP contribution in [0.3, 0.4) is 0 Å². The lowest BCUT2D eigenvalue weighted by Crippen LogP contribution is -2.57. The molecule has 9 rings (SSSR count).